The number of hydrogen-bond acceptors (Lipinski definition) is 3. The van der Waals surface area contributed by atoms with Crippen LogP contribution in [-0.4, -0.2) is 27.3 Å². The van der Waals surface area contributed by atoms with Gasteiger partial charge in [0.15, 0.2) is 5.79 Å². The quantitative estimate of drug-likeness (QED) is 0.552. The normalized spacial score (nSPS) is 45.7. The molecule has 4 heteroatoms. The second kappa shape index (κ2) is 5.86. The van der Waals surface area contributed by atoms with Crippen molar-refractivity contribution in [1.29, 1.82) is 0 Å². The van der Waals surface area contributed by atoms with E-state index in [-0.39, 0.29) is 5.79 Å². The van der Waals surface area contributed by atoms with Crippen LogP contribution in [0.15, 0.2) is 11.3 Å². The van der Waals surface area contributed by atoms with E-state index in [1.165, 1.54) is 44.3 Å². The lowest BCUT2D eigenvalue weighted by atomic mass is 9.43. The Balaban J connectivity index is 1.48. The number of ether oxygens (including phenoxy) is 2. The summed E-state index contributed by atoms with van der Waals surface area (Å²) in [6, 6.07) is 0. The summed E-state index contributed by atoms with van der Waals surface area (Å²) in [5.74, 6) is 3.35. The van der Waals surface area contributed by atoms with Gasteiger partial charge < -0.3 is 13.9 Å². The second-order valence-electron chi connectivity index (χ2n) is 11.4. The Kier molecular flexibility index (Phi) is 4.05. The second-order valence-corrected chi connectivity index (χ2v) is 15.8. The van der Waals surface area contributed by atoms with Crippen LogP contribution in [-0.2, 0) is 13.9 Å². The molecule has 2 bridgehead atoms. The van der Waals surface area contributed by atoms with E-state index < -0.39 is 8.32 Å². The zero-order chi connectivity index (χ0) is 19.1. The maximum atomic E-state index is 6.55. The van der Waals surface area contributed by atoms with Crippen LogP contribution < -0.4 is 0 Å². The van der Waals surface area contributed by atoms with Gasteiger partial charge in [0.2, 0.25) is 8.32 Å². The predicted octanol–water partition coefficient (Wildman–Crippen LogP) is 5.87. The molecular weight excluding hydrogens is 352 g/mol. The third-order valence-electron chi connectivity index (χ3n) is 9.25. The number of rotatable bonds is 2. The molecule has 5 rings (SSSR count). The van der Waals surface area contributed by atoms with Gasteiger partial charge in [-0.15, -0.1) is 0 Å². The molecule has 1 aliphatic heterocycles. The summed E-state index contributed by atoms with van der Waals surface area (Å²) in [7, 11) is -1.53. The van der Waals surface area contributed by atoms with Gasteiger partial charge in [0, 0.05) is 18.8 Å². The van der Waals surface area contributed by atoms with Gasteiger partial charge in [0.1, 0.15) is 0 Å². The van der Waals surface area contributed by atoms with E-state index in [0.29, 0.717) is 22.7 Å². The molecule has 0 aromatic heterocycles. The molecule has 2 spiro atoms. The smallest absolute Gasteiger partial charge is 0.241 e. The molecule has 5 aliphatic rings. The third-order valence-corrected chi connectivity index (χ3v) is 10.1. The van der Waals surface area contributed by atoms with Gasteiger partial charge in [-0.25, -0.2) is 0 Å². The monoisotopic (exact) mass is 390 g/mol. The van der Waals surface area contributed by atoms with Crippen LogP contribution in [0.5, 0.6) is 0 Å². The largest absolute Gasteiger partial charge is 0.547 e. The molecule has 0 aromatic carbocycles. The lowest BCUT2D eigenvalue weighted by molar-refractivity contribution is -0.227. The fourth-order valence-electron chi connectivity index (χ4n) is 8.15. The highest BCUT2D eigenvalue weighted by molar-refractivity contribution is 6.70. The zero-order valence-electron chi connectivity index (χ0n) is 18.0. The summed E-state index contributed by atoms with van der Waals surface area (Å²) in [6.45, 7) is 13.6. The molecule has 0 radical (unpaired) electrons. The van der Waals surface area contributed by atoms with Crippen molar-refractivity contribution in [3.8, 4) is 0 Å². The molecule has 0 aromatic rings. The molecule has 4 fully saturated rings. The Morgan fingerprint density at radius 3 is 2.44 bits per heavy atom. The summed E-state index contributed by atoms with van der Waals surface area (Å²) in [5.41, 5.74) is 2.53. The lowest BCUT2D eigenvalue weighted by Gasteiger charge is -2.62. The molecule has 3 saturated carbocycles. The highest BCUT2D eigenvalue weighted by Crippen LogP contribution is 2.74. The number of fused-ring (bicyclic) bond motifs is 3. The van der Waals surface area contributed by atoms with E-state index in [1.807, 2.05) is 0 Å². The van der Waals surface area contributed by atoms with Crippen molar-refractivity contribution in [3.63, 3.8) is 0 Å². The van der Waals surface area contributed by atoms with E-state index in [4.69, 9.17) is 13.9 Å². The number of hydrogen-bond donors (Lipinski definition) is 0. The van der Waals surface area contributed by atoms with Crippen LogP contribution in [0.25, 0.3) is 0 Å². The molecule has 152 valence electrons. The molecule has 3 nitrogen and oxygen atoms in total. The lowest BCUT2D eigenvalue weighted by Crippen LogP contribution is -2.55. The first-order valence-electron chi connectivity index (χ1n) is 11.4. The van der Waals surface area contributed by atoms with Crippen LogP contribution in [0.2, 0.25) is 19.6 Å². The SMILES string of the molecule is CC1=C(O[Si](C)(C)C)CC[C@@]2(C)[C@H]1CC[C@H]1CC3C[C@@]12CCC31OCCO1. The maximum Gasteiger partial charge on any atom is 0.241 e. The van der Waals surface area contributed by atoms with E-state index in [2.05, 4.69) is 33.5 Å². The van der Waals surface area contributed by atoms with Gasteiger partial charge in [0.25, 0.3) is 0 Å². The van der Waals surface area contributed by atoms with Crippen molar-refractivity contribution >= 4 is 8.32 Å². The molecule has 1 saturated heterocycles. The Labute approximate surface area is 166 Å². The minimum absolute atomic E-state index is 0.222. The van der Waals surface area contributed by atoms with Crippen molar-refractivity contribution < 1.29 is 13.9 Å². The molecule has 0 N–H and O–H groups in total. The fraction of sp³-hybridized carbons (Fsp3) is 0.913. The molecule has 27 heavy (non-hydrogen) atoms. The van der Waals surface area contributed by atoms with E-state index in [9.17, 15) is 0 Å². The van der Waals surface area contributed by atoms with Gasteiger partial charge in [-0.1, -0.05) is 6.92 Å². The summed E-state index contributed by atoms with van der Waals surface area (Å²) in [6.07, 6.45) is 10.3. The van der Waals surface area contributed by atoms with Crippen molar-refractivity contribution in [2.45, 2.75) is 90.6 Å². The highest BCUT2D eigenvalue weighted by atomic mass is 28.4. The molecular formula is C23H38O3Si. The summed E-state index contributed by atoms with van der Waals surface area (Å²) < 4.78 is 19.0. The van der Waals surface area contributed by atoms with Crippen molar-refractivity contribution in [2.24, 2.45) is 28.6 Å². The van der Waals surface area contributed by atoms with Crippen LogP contribution in [0.4, 0.5) is 0 Å². The van der Waals surface area contributed by atoms with Crippen molar-refractivity contribution in [1.82, 2.24) is 0 Å². The topological polar surface area (TPSA) is 27.7 Å². The van der Waals surface area contributed by atoms with Crippen LogP contribution in [0, 0.1) is 28.6 Å². The standard InChI is InChI=1S/C23H38O3Si/c1-16-19-7-6-17-14-18-15-22(17,10-11-23(18)24-12-13-25-23)21(19,2)9-8-20(16)26-27(3,4)5/h17-19H,6-15H2,1-5H3/t17-,18?,19-,21-,22-/m0/s1. The highest BCUT2D eigenvalue weighted by Gasteiger charge is 2.69. The fourth-order valence-corrected chi connectivity index (χ4v) is 9.15. The Morgan fingerprint density at radius 1 is 1.00 bits per heavy atom. The van der Waals surface area contributed by atoms with Gasteiger partial charge in [0.05, 0.1) is 19.0 Å². The maximum absolute atomic E-state index is 6.55. The Morgan fingerprint density at radius 2 is 1.74 bits per heavy atom. The first-order valence-corrected chi connectivity index (χ1v) is 14.8. The van der Waals surface area contributed by atoms with Gasteiger partial charge >= 0.3 is 0 Å². The molecule has 4 aliphatic carbocycles. The minimum atomic E-state index is -1.53. The third kappa shape index (κ3) is 2.51. The average molecular weight is 391 g/mol. The van der Waals surface area contributed by atoms with Crippen molar-refractivity contribution in [2.75, 3.05) is 13.2 Å². The molecule has 1 unspecified atom stereocenters. The Hall–Kier alpha value is -0.323. The number of allylic oxidation sites excluding steroid dienone is 2. The molecule has 0 amide bonds. The van der Waals surface area contributed by atoms with Gasteiger partial charge in [-0.2, -0.15) is 0 Å². The molecule has 1 heterocycles. The average Bonchev–Trinajstić information content (AvgIpc) is 3.18. The summed E-state index contributed by atoms with van der Waals surface area (Å²) in [4.78, 5) is 0. The predicted molar refractivity (Wildman–Crippen MR) is 110 cm³/mol. The van der Waals surface area contributed by atoms with E-state index >= 15 is 0 Å². The van der Waals surface area contributed by atoms with Crippen LogP contribution >= 0.6 is 0 Å². The first kappa shape index (κ1) is 18.7. The van der Waals surface area contributed by atoms with Crippen molar-refractivity contribution in [3.05, 3.63) is 11.3 Å². The van der Waals surface area contributed by atoms with Crippen LogP contribution in [0.3, 0.4) is 0 Å². The first-order chi connectivity index (χ1) is 12.7. The molecule has 5 atom stereocenters. The van der Waals surface area contributed by atoms with Gasteiger partial charge in [-0.05, 0) is 93.3 Å². The van der Waals surface area contributed by atoms with Gasteiger partial charge in [-0.3, -0.25) is 0 Å². The zero-order valence-corrected chi connectivity index (χ0v) is 19.0. The summed E-state index contributed by atoms with van der Waals surface area (Å²) >= 11 is 0. The van der Waals surface area contributed by atoms with Crippen LogP contribution in [0.1, 0.15) is 65.2 Å². The minimum Gasteiger partial charge on any atom is -0.547 e. The summed E-state index contributed by atoms with van der Waals surface area (Å²) in [5, 5.41) is 0. The van der Waals surface area contributed by atoms with E-state index in [1.54, 1.807) is 5.57 Å². The Bertz CT molecular complexity index is 659. The van der Waals surface area contributed by atoms with E-state index in [0.717, 1.165) is 32.0 Å².